The van der Waals surface area contributed by atoms with Gasteiger partial charge in [-0.1, -0.05) is 36.4 Å². The Bertz CT molecular complexity index is 1330. The fourth-order valence-corrected chi connectivity index (χ4v) is 4.82. The number of aryl methyl sites for hydroxylation is 1. The quantitative estimate of drug-likeness (QED) is 0.545. The third-order valence-electron chi connectivity index (χ3n) is 4.95. The van der Waals surface area contributed by atoms with E-state index in [-0.39, 0.29) is 21.7 Å². The summed E-state index contributed by atoms with van der Waals surface area (Å²) in [5.41, 5.74) is 2.01. The first-order valence-electron chi connectivity index (χ1n) is 9.77. The number of nitrogens with one attached hydrogen (secondary N) is 2. The molecule has 2 N–H and O–H groups in total. The van der Waals surface area contributed by atoms with Gasteiger partial charge in [0.15, 0.2) is 9.84 Å². The number of carbonyl (C=O) groups excluding carboxylic acids is 1. The van der Waals surface area contributed by atoms with Gasteiger partial charge in [0.1, 0.15) is 0 Å². The summed E-state index contributed by atoms with van der Waals surface area (Å²) < 4.78 is 51.0. The molecule has 0 saturated carbocycles. The molecule has 3 rings (SSSR count). The molecule has 3 aromatic carbocycles. The molecule has 32 heavy (non-hydrogen) atoms. The third kappa shape index (κ3) is 5.54. The van der Waals surface area contributed by atoms with Crippen molar-refractivity contribution < 1.29 is 21.6 Å². The van der Waals surface area contributed by atoms with Crippen molar-refractivity contribution in [2.75, 3.05) is 11.0 Å². The van der Waals surface area contributed by atoms with Crippen LogP contribution in [0.4, 0.5) is 5.69 Å². The Balaban J connectivity index is 1.78. The molecule has 0 radical (unpaired) electrons. The first-order chi connectivity index (χ1) is 15.0. The standard InChI is InChI=1S/C23H24N2O5S2/c1-16-9-10-19(15-22(16)25-32(29,30)21-7-5-4-6-8-21)23(26)24-17(2)18-11-13-20(14-12-18)31(3,27)28/h4-15,17,25H,1-3H3,(H,24,26). The van der Waals surface area contributed by atoms with Crippen LogP contribution in [0.2, 0.25) is 0 Å². The van der Waals surface area contributed by atoms with Crippen LogP contribution < -0.4 is 10.0 Å². The maximum atomic E-state index is 12.8. The highest BCUT2D eigenvalue weighted by Crippen LogP contribution is 2.22. The smallest absolute Gasteiger partial charge is 0.261 e. The van der Waals surface area contributed by atoms with Crippen LogP contribution in [-0.2, 0) is 19.9 Å². The van der Waals surface area contributed by atoms with E-state index in [1.807, 2.05) is 0 Å². The largest absolute Gasteiger partial charge is 0.346 e. The minimum Gasteiger partial charge on any atom is -0.346 e. The van der Waals surface area contributed by atoms with Crippen molar-refractivity contribution in [1.29, 1.82) is 0 Å². The molecule has 1 amide bonds. The molecule has 0 heterocycles. The number of carbonyl (C=O) groups is 1. The van der Waals surface area contributed by atoms with E-state index in [0.717, 1.165) is 11.8 Å². The average molecular weight is 473 g/mol. The molecule has 0 aromatic heterocycles. The van der Waals surface area contributed by atoms with Crippen molar-refractivity contribution in [3.05, 3.63) is 89.5 Å². The maximum Gasteiger partial charge on any atom is 0.261 e. The van der Waals surface area contributed by atoms with Crippen LogP contribution in [-0.4, -0.2) is 29.0 Å². The molecule has 0 aliphatic heterocycles. The molecule has 0 saturated heterocycles. The zero-order valence-electron chi connectivity index (χ0n) is 17.9. The zero-order chi connectivity index (χ0) is 23.5. The fourth-order valence-electron chi connectivity index (χ4n) is 3.04. The van der Waals surface area contributed by atoms with E-state index in [0.29, 0.717) is 16.8 Å². The number of anilines is 1. The van der Waals surface area contributed by atoms with E-state index in [1.54, 1.807) is 56.3 Å². The first kappa shape index (κ1) is 23.5. The Morgan fingerprint density at radius 2 is 1.47 bits per heavy atom. The Labute approximate surface area is 188 Å². The topological polar surface area (TPSA) is 109 Å². The van der Waals surface area contributed by atoms with Gasteiger partial charge in [-0.3, -0.25) is 9.52 Å². The normalized spacial score (nSPS) is 12.7. The van der Waals surface area contributed by atoms with Crippen LogP contribution in [0, 0.1) is 6.92 Å². The van der Waals surface area contributed by atoms with Crippen LogP contribution >= 0.6 is 0 Å². The predicted molar refractivity (Wildman–Crippen MR) is 124 cm³/mol. The van der Waals surface area contributed by atoms with E-state index in [1.165, 1.54) is 30.3 Å². The monoisotopic (exact) mass is 472 g/mol. The second-order valence-electron chi connectivity index (χ2n) is 7.48. The van der Waals surface area contributed by atoms with Gasteiger partial charge in [0.2, 0.25) is 0 Å². The Morgan fingerprint density at radius 3 is 2.06 bits per heavy atom. The highest BCUT2D eigenvalue weighted by atomic mass is 32.2. The lowest BCUT2D eigenvalue weighted by Crippen LogP contribution is -2.27. The van der Waals surface area contributed by atoms with Crippen molar-refractivity contribution >= 4 is 31.5 Å². The molecule has 1 unspecified atom stereocenters. The van der Waals surface area contributed by atoms with Gasteiger partial charge >= 0.3 is 0 Å². The van der Waals surface area contributed by atoms with Crippen molar-refractivity contribution in [3.63, 3.8) is 0 Å². The van der Waals surface area contributed by atoms with Crippen LogP contribution in [0.5, 0.6) is 0 Å². The summed E-state index contributed by atoms with van der Waals surface area (Å²) in [6.45, 7) is 3.52. The van der Waals surface area contributed by atoms with Crippen LogP contribution in [0.1, 0.15) is 34.5 Å². The minimum atomic E-state index is -3.79. The molecular weight excluding hydrogens is 448 g/mol. The van der Waals surface area contributed by atoms with E-state index in [2.05, 4.69) is 10.0 Å². The summed E-state index contributed by atoms with van der Waals surface area (Å²) >= 11 is 0. The highest BCUT2D eigenvalue weighted by Gasteiger charge is 2.18. The highest BCUT2D eigenvalue weighted by molar-refractivity contribution is 7.92. The first-order valence-corrected chi connectivity index (χ1v) is 13.1. The number of sulfone groups is 1. The SMILES string of the molecule is Cc1ccc(C(=O)NC(C)c2ccc(S(C)(=O)=O)cc2)cc1NS(=O)(=O)c1ccccc1. The van der Waals surface area contributed by atoms with Gasteiger partial charge in [-0.05, 0) is 61.4 Å². The molecule has 168 valence electrons. The lowest BCUT2D eigenvalue weighted by molar-refractivity contribution is 0.0940. The van der Waals surface area contributed by atoms with E-state index < -0.39 is 19.9 Å². The van der Waals surface area contributed by atoms with Gasteiger partial charge in [-0.25, -0.2) is 16.8 Å². The van der Waals surface area contributed by atoms with Gasteiger partial charge < -0.3 is 5.32 Å². The number of hydrogen-bond donors (Lipinski definition) is 2. The second-order valence-corrected chi connectivity index (χ2v) is 11.2. The number of benzene rings is 3. The van der Waals surface area contributed by atoms with E-state index in [4.69, 9.17) is 0 Å². The minimum absolute atomic E-state index is 0.125. The number of hydrogen-bond acceptors (Lipinski definition) is 5. The van der Waals surface area contributed by atoms with E-state index >= 15 is 0 Å². The number of rotatable bonds is 7. The number of amides is 1. The summed E-state index contributed by atoms with van der Waals surface area (Å²) in [5, 5.41) is 2.85. The second kappa shape index (κ2) is 9.13. The van der Waals surface area contributed by atoms with Crippen molar-refractivity contribution in [2.45, 2.75) is 29.7 Å². The third-order valence-corrected chi connectivity index (χ3v) is 7.46. The molecule has 0 fully saturated rings. The molecular formula is C23H24N2O5S2. The number of sulfonamides is 1. The van der Waals surface area contributed by atoms with Gasteiger partial charge in [-0.15, -0.1) is 0 Å². The zero-order valence-corrected chi connectivity index (χ0v) is 19.5. The van der Waals surface area contributed by atoms with Gasteiger partial charge in [0.25, 0.3) is 15.9 Å². The molecule has 1 atom stereocenters. The maximum absolute atomic E-state index is 12.8. The summed E-state index contributed by atoms with van der Waals surface area (Å²) in [6, 6.07) is 18.7. The molecule has 3 aromatic rings. The molecule has 0 aliphatic rings. The lowest BCUT2D eigenvalue weighted by atomic mass is 10.1. The lowest BCUT2D eigenvalue weighted by Gasteiger charge is -2.16. The van der Waals surface area contributed by atoms with Crippen LogP contribution in [0.3, 0.4) is 0 Å². The summed E-state index contributed by atoms with van der Waals surface area (Å²) in [6.07, 6.45) is 1.13. The van der Waals surface area contributed by atoms with Gasteiger partial charge in [0, 0.05) is 11.8 Å². The Hall–Kier alpha value is -3.17. The molecule has 0 spiro atoms. The summed E-state index contributed by atoms with van der Waals surface area (Å²) in [7, 11) is -7.09. The summed E-state index contributed by atoms with van der Waals surface area (Å²) in [4.78, 5) is 13.1. The molecule has 0 aliphatic carbocycles. The van der Waals surface area contributed by atoms with E-state index in [9.17, 15) is 21.6 Å². The van der Waals surface area contributed by atoms with Gasteiger partial charge in [-0.2, -0.15) is 0 Å². The Kier molecular flexibility index (Phi) is 6.71. The van der Waals surface area contributed by atoms with Crippen LogP contribution in [0.15, 0.2) is 82.6 Å². The van der Waals surface area contributed by atoms with Gasteiger partial charge in [0.05, 0.1) is 21.5 Å². The Morgan fingerprint density at radius 1 is 0.844 bits per heavy atom. The van der Waals surface area contributed by atoms with Crippen molar-refractivity contribution in [2.24, 2.45) is 0 Å². The fraction of sp³-hybridized carbons (Fsp3) is 0.174. The van der Waals surface area contributed by atoms with Crippen LogP contribution in [0.25, 0.3) is 0 Å². The molecule has 7 nitrogen and oxygen atoms in total. The average Bonchev–Trinajstić information content (AvgIpc) is 2.75. The molecule has 9 heteroatoms. The predicted octanol–water partition coefficient (Wildman–Crippen LogP) is 3.69. The summed E-state index contributed by atoms with van der Waals surface area (Å²) in [5.74, 6) is -0.384. The molecule has 0 bridgehead atoms. The van der Waals surface area contributed by atoms with Crippen molar-refractivity contribution in [1.82, 2.24) is 5.32 Å². The van der Waals surface area contributed by atoms with Crippen molar-refractivity contribution in [3.8, 4) is 0 Å².